The van der Waals surface area contributed by atoms with E-state index in [0.29, 0.717) is 0 Å². The minimum absolute atomic E-state index is 0.792. The van der Waals surface area contributed by atoms with Crippen molar-refractivity contribution in [2.24, 2.45) is 5.73 Å². The van der Waals surface area contributed by atoms with E-state index in [1.165, 1.54) is 38.2 Å². The fourth-order valence-electron chi connectivity index (χ4n) is 2.34. The predicted molar refractivity (Wildman–Crippen MR) is 93.1 cm³/mol. The molecule has 1 aliphatic rings. The molecule has 1 heterocycles. The van der Waals surface area contributed by atoms with Gasteiger partial charge in [0, 0.05) is 45.3 Å². The first-order valence-electron chi connectivity index (χ1n) is 8.73. The van der Waals surface area contributed by atoms with Gasteiger partial charge in [-0.3, -0.25) is 4.90 Å². The third-order valence-corrected chi connectivity index (χ3v) is 3.64. The van der Waals surface area contributed by atoms with Gasteiger partial charge in [0.1, 0.15) is 0 Å². The summed E-state index contributed by atoms with van der Waals surface area (Å²) in [5.74, 6) is -0.842. The smallest absolute Gasteiger partial charge is 0.327 e. The molecular weight excluding hydrogens is 278 g/mol. The van der Waals surface area contributed by atoms with Crippen LogP contribution in [0.4, 0.5) is 0 Å². The van der Waals surface area contributed by atoms with Gasteiger partial charge in [0.2, 0.25) is 0 Å². The van der Waals surface area contributed by atoms with Crippen LogP contribution in [-0.4, -0.2) is 55.2 Å². The van der Waals surface area contributed by atoms with Gasteiger partial charge in [-0.25, -0.2) is 4.79 Å². The summed E-state index contributed by atoms with van der Waals surface area (Å²) >= 11 is 0. The second-order valence-corrected chi connectivity index (χ2v) is 5.68. The van der Waals surface area contributed by atoms with Gasteiger partial charge in [-0.05, 0) is 12.8 Å². The Labute approximate surface area is 135 Å². The van der Waals surface area contributed by atoms with Gasteiger partial charge in [0.25, 0.3) is 0 Å². The van der Waals surface area contributed by atoms with Crippen LogP contribution in [0.15, 0.2) is 12.2 Å². The molecule has 1 rings (SSSR count). The maximum Gasteiger partial charge on any atom is 0.327 e. The number of aliphatic carboxylic acids is 1. The Morgan fingerprint density at radius 2 is 1.82 bits per heavy atom. The Bertz CT molecular complexity index is 274. The van der Waals surface area contributed by atoms with Crippen LogP contribution in [0.5, 0.6) is 0 Å². The van der Waals surface area contributed by atoms with E-state index in [-0.39, 0.29) is 0 Å². The molecule has 0 unspecified atom stereocenters. The summed E-state index contributed by atoms with van der Waals surface area (Å²) < 4.78 is 0. The van der Waals surface area contributed by atoms with Crippen molar-refractivity contribution >= 4 is 5.97 Å². The molecule has 0 aromatic heterocycles. The summed E-state index contributed by atoms with van der Waals surface area (Å²) in [6, 6.07) is 0. The quantitative estimate of drug-likeness (QED) is 0.426. The lowest BCUT2D eigenvalue weighted by Crippen LogP contribution is -2.45. The average Bonchev–Trinajstić information content (AvgIpc) is 2.52. The number of nitrogens with two attached hydrogens (primary N) is 1. The van der Waals surface area contributed by atoms with Crippen molar-refractivity contribution in [1.29, 1.82) is 0 Å². The van der Waals surface area contributed by atoms with Gasteiger partial charge >= 0.3 is 5.97 Å². The Hall–Kier alpha value is -0.910. The number of hydrogen-bond acceptors (Lipinski definition) is 4. The summed E-state index contributed by atoms with van der Waals surface area (Å²) in [5.41, 5.74) is 5.40. The fraction of sp³-hybridized carbons (Fsp3) is 0.824. The van der Waals surface area contributed by atoms with Crippen molar-refractivity contribution in [3.8, 4) is 0 Å². The van der Waals surface area contributed by atoms with Crippen LogP contribution in [0.2, 0.25) is 0 Å². The maximum absolute atomic E-state index is 10.1. The molecule has 0 atom stereocenters. The van der Waals surface area contributed by atoms with Crippen LogP contribution in [-0.2, 0) is 4.79 Å². The standard InChI is InChI=1S/C11H20O2.C6H15N3/c1-2-3-4-5-6-7-8-9-10-11(12)13;7-1-4-9-5-2-8-3-6-9/h9-10H,2-8H2,1H3,(H,12,13);8H,1-7H2/b10-9+;. The molecular formula is C17H35N3O2. The lowest BCUT2D eigenvalue weighted by Gasteiger charge is -2.26. The van der Waals surface area contributed by atoms with Crippen LogP contribution < -0.4 is 11.1 Å². The maximum atomic E-state index is 10.1. The van der Waals surface area contributed by atoms with E-state index in [1.54, 1.807) is 6.08 Å². The predicted octanol–water partition coefficient (Wildman–Crippen LogP) is 2.23. The minimum Gasteiger partial charge on any atom is -0.478 e. The molecule has 0 spiro atoms. The number of nitrogens with zero attached hydrogens (tertiary/aromatic N) is 1. The molecule has 5 nitrogen and oxygen atoms in total. The first-order chi connectivity index (χ1) is 10.7. The highest BCUT2D eigenvalue weighted by molar-refractivity contribution is 5.79. The monoisotopic (exact) mass is 313 g/mol. The number of nitrogens with one attached hydrogen (secondary N) is 1. The number of piperazine rings is 1. The molecule has 4 N–H and O–H groups in total. The Morgan fingerprint density at radius 1 is 1.18 bits per heavy atom. The molecule has 130 valence electrons. The van der Waals surface area contributed by atoms with Gasteiger partial charge < -0.3 is 16.2 Å². The molecule has 1 fully saturated rings. The van der Waals surface area contributed by atoms with E-state index in [2.05, 4.69) is 17.1 Å². The molecule has 22 heavy (non-hydrogen) atoms. The molecule has 5 heteroatoms. The zero-order valence-corrected chi connectivity index (χ0v) is 14.2. The van der Waals surface area contributed by atoms with E-state index >= 15 is 0 Å². The van der Waals surface area contributed by atoms with E-state index in [9.17, 15) is 4.79 Å². The lowest BCUT2D eigenvalue weighted by atomic mass is 10.1. The third-order valence-electron chi connectivity index (χ3n) is 3.64. The first kappa shape index (κ1) is 21.1. The molecule has 0 radical (unpaired) electrons. The second-order valence-electron chi connectivity index (χ2n) is 5.68. The molecule has 0 aliphatic carbocycles. The number of rotatable bonds is 10. The highest BCUT2D eigenvalue weighted by Gasteiger charge is 2.06. The lowest BCUT2D eigenvalue weighted by molar-refractivity contribution is -0.131. The van der Waals surface area contributed by atoms with Gasteiger partial charge in [0.05, 0.1) is 0 Å². The third kappa shape index (κ3) is 15.5. The van der Waals surface area contributed by atoms with Crippen molar-refractivity contribution in [2.75, 3.05) is 39.3 Å². The van der Waals surface area contributed by atoms with Crippen molar-refractivity contribution in [3.63, 3.8) is 0 Å². The van der Waals surface area contributed by atoms with Crippen molar-refractivity contribution in [3.05, 3.63) is 12.2 Å². The number of carboxylic acid groups (broad SMARTS) is 1. The van der Waals surface area contributed by atoms with Gasteiger partial charge in [-0.2, -0.15) is 0 Å². The zero-order valence-electron chi connectivity index (χ0n) is 14.2. The number of carbonyl (C=O) groups is 1. The molecule has 0 saturated carbocycles. The van der Waals surface area contributed by atoms with E-state index in [1.807, 2.05) is 0 Å². The highest BCUT2D eigenvalue weighted by Crippen LogP contribution is 2.06. The topological polar surface area (TPSA) is 78.6 Å². The fourth-order valence-corrected chi connectivity index (χ4v) is 2.34. The minimum atomic E-state index is -0.842. The number of allylic oxidation sites excluding steroid dienone is 1. The van der Waals surface area contributed by atoms with Crippen molar-refractivity contribution in [2.45, 2.75) is 51.9 Å². The van der Waals surface area contributed by atoms with E-state index in [0.717, 1.165) is 52.1 Å². The van der Waals surface area contributed by atoms with Crippen molar-refractivity contribution in [1.82, 2.24) is 10.2 Å². The zero-order chi connectivity index (χ0) is 16.5. The molecule has 0 bridgehead atoms. The summed E-state index contributed by atoms with van der Waals surface area (Å²) in [7, 11) is 0. The van der Waals surface area contributed by atoms with Gasteiger partial charge in [-0.15, -0.1) is 0 Å². The molecule has 0 aromatic rings. The summed E-state index contributed by atoms with van der Waals surface area (Å²) in [6.07, 6.45) is 11.4. The summed E-state index contributed by atoms with van der Waals surface area (Å²) in [4.78, 5) is 12.5. The molecule has 1 aliphatic heterocycles. The molecule has 1 saturated heterocycles. The number of hydrogen-bond donors (Lipinski definition) is 3. The Balaban J connectivity index is 0.000000425. The second kappa shape index (κ2) is 16.5. The molecule has 0 amide bonds. The van der Waals surface area contributed by atoms with Crippen LogP contribution >= 0.6 is 0 Å². The average molecular weight is 313 g/mol. The van der Waals surface area contributed by atoms with Crippen LogP contribution in [0, 0.1) is 0 Å². The normalized spacial score (nSPS) is 15.5. The number of unbranched alkanes of at least 4 members (excludes halogenated alkanes) is 6. The summed E-state index contributed by atoms with van der Waals surface area (Å²) in [5, 5.41) is 11.6. The largest absolute Gasteiger partial charge is 0.478 e. The summed E-state index contributed by atoms with van der Waals surface area (Å²) in [6.45, 7) is 8.63. The number of carboxylic acids is 1. The molecule has 0 aromatic carbocycles. The SMILES string of the molecule is CCCCCCCC/C=C/C(=O)O.NCCN1CCNCC1. The first-order valence-corrected chi connectivity index (χ1v) is 8.73. The van der Waals surface area contributed by atoms with E-state index < -0.39 is 5.97 Å². The Kier molecular flexibility index (Phi) is 15.8. The Morgan fingerprint density at radius 3 is 2.41 bits per heavy atom. The van der Waals surface area contributed by atoms with Crippen LogP contribution in [0.25, 0.3) is 0 Å². The van der Waals surface area contributed by atoms with Crippen molar-refractivity contribution < 1.29 is 9.90 Å². The van der Waals surface area contributed by atoms with E-state index in [4.69, 9.17) is 10.8 Å². The van der Waals surface area contributed by atoms with Crippen LogP contribution in [0.3, 0.4) is 0 Å². The van der Waals surface area contributed by atoms with Crippen LogP contribution in [0.1, 0.15) is 51.9 Å². The highest BCUT2D eigenvalue weighted by atomic mass is 16.4. The van der Waals surface area contributed by atoms with Gasteiger partial charge in [-0.1, -0.05) is 45.1 Å². The van der Waals surface area contributed by atoms with Gasteiger partial charge in [0.15, 0.2) is 0 Å².